The van der Waals surface area contributed by atoms with Crippen molar-refractivity contribution in [2.45, 2.75) is 51.6 Å². The minimum Gasteiger partial charge on any atom is -0.480 e. The van der Waals surface area contributed by atoms with Crippen molar-refractivity contribution in [1.82, 2.24) is 10.2 Å². The summed E-state index contributed by atoms with van der Waals surface area (Å²) < 4.78 is 6.08. The quantitative estimate of drug-likeness (QED) is 0.703. The van der Waals surface area contributed by atoms with Crippen LogP contribution in [0.3, 0.4) is 0 Å². The second-order valence-corrected chi connectivity index (χ2v) is 7.39. The number of rotatable bonds is 8. The van der Waals surface area contributed by atoms with Gasteiger partial charge >= 0.3 is 0 Å². The van der Waals surface area contributed by atoms with Crippen molar-refractivity contribution in [2.24, 2.45) is 0 Å². The Morgan fingerprint density at radius 1 is 1.07 bits per heavy atom. The van der Waals surface area contributed by atoms with Crippen LogP contribution >= 0.6 is 0 Å². The van der Waals surface area contributed by atoms with E-state index in [9.17, 15) is 4.79 Å². The van der Waals surface area contributed by atoms with E-state index in [1.54, 1.807) is 0 Å². The molecule has 146 valence electrons. The molecule has 1 fully saturated rings. The highest BCUT2D eigenvalue weighted by Gasteiger charge is 2.19. The van der Waals surface area contributed by atoms with Crippen LogP contribution in [0.15, 0.2) is 42.5 Å². The first kappa shape index (κ1) is 19.7. The lowest BCUT2D eigenvalue weighted by molar-refractivity contribution is -0.128. The summed E-state index contributed by atoms with van der Waals surface area (Å²) in [5.74, 6) is 0.765. The van der Waals surface area contributed by atoms with Crippen molar-refractivity contribution in [2.75, 3.05) is 26.2 Å². The van der Waals surface area contributed by atoms with E-state index in [4.69, 9.17) is 4.74 Å². The van der Waals surface area contributed by atoms with Crippen molar-refractivity contribution in [3.8, 4) is 5.75 Å². The third kappa shape index (κ3) is 5.70. The molecule has 4 nitrogen and oxygen atoms in total. The number of fused-ring (bicyclic) bond motifs is 1. The van der Waals surface area contributed by atoms with Gasteiger partial charge in [0.1, 0.15) is 5.75 Å². The third-order valence-corrected chi connectivity index (χ3v) is 5.33. The number of benzene rings is 2. The largest absolute Gasteiger partial charge is 0.480 e. The van der Waals surface area contributed by atoms with Crippen LogP contribution in [-0.4, -0.2) is 43.1 Å². The molecular weight excluding hydrogens is 336 g/mol. The highest BCUT2D eigenvalue weighted by atomic mass is 16.5. The summed E-state index contributed by atoms with van der Waals surface area (Å²) in [4.78, 5) is 15.1. The number of carbonyl (C=O) groups is 1. The molecule has 27 heavy (non-hydrogen) atoms. The number of likely N-dealkylation sites (tertiary alicyclic amines) is 1. The van der Waals surface area contributed by atoms with E-state index in [0.717, 1.165) is 29.5 Å². The Balaban J connectivity index is 1.48. The molecular formula is C23H32N2O2. The predicted molar refractivity (Wildman–Crippen MR) is 111 cm³/mol. The van der Waals surface area contributed by atoms with E-state index in [-0.39, 0.29) is 5.91 Å². The molecule has 0 saturated carbocycles. The van der Waals surface area contributed by atoms with Crippen LogP contribution in [0.4, 0.5) is 0 Å². The first-order chi connectivity index (χ1) is 13.3. The summed E-state index contributed by atoms with van der Waals surface area (Å²) in [5.41, 5.74) is 0. The molecule has 2 aromatic carbocycles. The second-order valence-electron chi connectivity index (χ2n) is 7.39. The molecule has 0 aliphatic carbocycles. The maximum atomic E-state index is 12.6. The molecule has 1 atom stereocenters. The maximum Gasteiger partial charge on any atom is 0.261 e. The Labute approximate surface area is 162 Å². The summed E-state index contributed by atoms with van der Waals surface area (Å²) in [6, 6.07) is 14.1. The highest BCUT2D eigenvalue weighted by molar-refractivity contribution is 5.89. The molecule has 1 aliphatic heterocycles. The van der Waals surface area contributed by atoms with Crippen molar-refractivity contribution in [3.05, 3.63) is 42.5 Å². The van der Waals surface area contributed by atoms with Crippen LogP contribution in [0.25, 0.3) is 10.8 Å². The zero-order valence-electron chi connectivity index (χ0n) is 16.5. The minimum atomic E-state index is -0.450. The van der Waals surface area contributed by atoms with Gasteiger partial charge in [0.05, 0.1) is 0 Å². The zero-order chi connectivity index (χ0) is 18.9. The fraction of sp³-hybridized carbons (Fsp3) is 0.522. The van der Waals surface area contributed by atoms with Gasteiger partial charge in [-0.05, 0) is 56.8 Å². The molecule has 2 aromatic rings. The fourth-order valence-electron chi connectivity index (χ4n) is 3.76. The third-order valence-electron chi connectivity index (χ3n) is 5.33. The number of hydrogen-bond donors (Lipinski definition) is 1. The van der Waals surface area contributed by atoms with Gasteiger partial charge in [-0.2, -0.15) is 0 Å². The van der Waals surface area contributed by atoms with Gasteiger partial charge in [-0.25, -0.2) is 0 Å². The van der Waals surface area contributed by atoms with Crippen LogP contribution in [0, 0.1) is 0 Å². The highest BCUT2D eigenvalue weighted by Crippen LogP contribution is 2.26. The fourth-order valence-corrected chi connectivity index (χ4v) is 3.76. The van der Waals surface area contributed by atoms with Crippen LogP contribution in [0.2, 0.25) is 0 Å². The Hall–Kier alpha value is -2.07. The summed E-state index contributed by atoms with van der Waals surface area (Å²) in [5, 5.41) is 5.24. The number of carbonyl (C=O) groups excluding carboxylic acids is 1. The molecule has 4 heteroatoms. The molecule has 0 unspecified atom stereocenters. The summed E-state index contributed by atoms with van der Waals surface area (Å²) in [6.07, 6.45) is 6.53. The molecule has 1 aliphatic rings. The lowest BCUT2D eigenvalue weighted by Gasteiger charge is -2.21. The Bertz CT molecular complexity index is 718. The summed E-state index contributed by atoms with van der Waals surface area (Å²) in [7, 11) is 0. The number of amides is 1. The normalized spacial score (nSPS) is 16.6. The van der Waals surface area contributed by atoms with Gasteiger partial charge in [0.25, 0.3) is 5.91 Å². The molecule has 1 amide bonds. The number of nitrogens with one attached hydrogen (secondary N) is 1. The van der Waals surface area contributed by atoms with Gasteiger partial charge in [-0.1, -0.05) is 56.2 Å². The van der Waals surface area contributed by atoms with Crippen molar-refractivity contribution < 1.29 is 9.53 Å². The molecule has 0 bridgehead atoms. The van der Waals surface area contributed by atoms with E-state index in [0.29, 0.717) is 13.0 Å². The van der Waals surface area contributed by atoms with E-state index < -0.39 is 6.10 Å². The molecule has 1 saturated heterocycles. The standard InChI is InChI=1S/C23H32N2O2/c1-2-21(27-22-14-9-12-19-11-5-6-13-20(19)22)23(26)24-15-10-18-25-16-7-3-4-8-17-25/h5-6,9,11-14,21H,2-4,7-8,10,15-18H2,1H3,(H,24,26)/t21-/m1/s1. The Morgan fingerprint density at radius 3 is 2.59 bits per heavy atom. The van der Waals surface area contributed by atoms with Gasteiger partial charge in [-0.15, -0.1) is 0 Å². The molecule has 0 spiro atoms. The van der Waals surface area contributed by atoms with E-state index >= 15 is 0 Å². The minimum absolute atomic E-state index is 0.0127. The monoisotopic (exact) mass is 368 g/mol. The summed E-state index contributed by atoms with van der Waals surface area (Å²) >= 11 is 0. The van der Waals surface area contributed by atoms with E-state index in [2.05, 4.69) is 22.3 Å². The average Bonchev–Trinajstić information content (AvgIpc) is 2.98. The second kappa shape index (κ2) is 10.3. The van der Waals surface area contributed by atoms with Gasteiger partial charge in [-0.3, -0.25) is 4.79 Å². The molecule has 3 rings (SSSR count). The van der Waals surface area contributed by atoms with Gasteiger partial charge in [0.2, 0.25) is 0 Å². The van der Waals surface area contributed by atoms with Crippen LogP contribution < -0.4 is 10.1 Å². The SMILES string of the molecule is CC[C@@H](Oc1cccc2ccccc12)C(=O)NCCCN1CCCCCC1. The van der Waals surface area contributed by atoms with E-state index in [1.807, 2.05) is 37.3 Å². The Kier molecular flexibility index (Phi) is 7.52. The van der Waals surface area contributed by atoms with Gasteiger partial charge in [0.15, 0.2) is 6.10 Å². The van der Waals surface area contributed by atoms with Crippen LogP contribution in [-0.2, 0) is 4.79 Å². The molecule has 1 N–H and O–H groups in total. The average molecular weight is 369 g/mol. The smallest absolute Gasteiger partial charge is 0.261 e. The molecule has 1 heterocycles. The topological polar surface area (TPSA) is 41.6 Å². The van der Waals surface area contributed by atoms with Crippen molar-refractivity contribution in [1.29, 1.82) is 0 Å². The number of hydrogen-bond acceptors (Lipinski definition) is 3. The number of ether oxygens (including phenoxy) is 1. The zero-order valence-corrected chi connectivity index (χ0v) is 16.5. The van der Waals surface area contributed by atoms with Crippen molar-refractivity contribution in [3.63, 3.8) is 0 Å². The molecule has 0 aromatic heterocycles. The summed E-state index contributed by atoms with van der Waals surface area (Å²) in [6.45, 7) is 6.18. The first-order valence-electron chi connectivity index (χ1n) is 10.4. The number of nitrogens with zero attached hydrogens (tertiary/aromatic N) is 1. The van der Waals surface area contributed by atoms with Crippen molar-refractivity contribution >= 4 is 16.7 Å². The van der Waals surface area contributed by atoms with Gasteiger partial charge < -0.3 is 15.0 Å². The van der Waals surface area contributed by atoms with Gasteiger partial charge in [0, 0.05) is 11.9 Å². The Morgan fingerprint density at radius 2 is 1.81 bits per heavy atom. The predicted octanol–water partition coefficient (Wildman–Crippen LogP) is 4.38. The maximum absolute atomic E-state index is 12.6. The molecule has 0 radical (unpaired) electrons. The van der Waals surface area contributed by atoms with Crippen LogP contribution in [0.5, 0.6) is 5.75 Å². The van der Waals surface area contributed by atoms with Crippen LogP contribution in [0.1, 0.15) is 45.4 Å². The van der Waals surface area contributed by atoms with E-state index in [1.165, 1.54) is 38.8 Å². The lowest BCUT2D eigenvalue weighted by Crippen LogP contribution is -2.39. The lowest BCUT2D eigenvalue weighted by atomic mass is 10.1. The first-order valence-corrected chi connectivity index (χ1v) is 10.4.